The van der Waals surface area contributed by atoms with Gasteiger partial charge in [0.2, 0.25) is 11.8 Å². The first-order valence-corrected chi connectivity index (χ1v) is 10.6. The van der Waals surface area contributed by atoms with Gasteiger partial charge >= 0.3 is 0 Å². The topological polar surface area (TPSA) is 90.9 Å². The van der Waals surface area contributed by atoms with Crippen LogP contribution in [0, 0.1) is 0 Å². The van der Waals surface area contributed by atoms with E-state index in [2.05, 4.69) is 15.6 Å². The number of para-hydroxylation sites is 1. The third-order valence-electron chi connectivity index (χ3n) is 4.49. The summed E-state index contributed by atoms with van der Waals surface area (Å²) in [4.78, 5) is 43.0. The van der Waals surface area contributed by atoms with Crippen molar-refractivity contribution in [1.82, 2.24) is 10.6 Å². The lowest BCUT2D eigenvalue weighted by Gasteiger charge is -2.16. The number of amidine groups is 1. The van der Waals surface area contributed by atoms with Crippen molar-refractivity contribution in [3.05, 3.63) is 60.2 Å². The summed E-state index contributed by atoms with van der Waals surface area (Å²) in [5, 5.41) is 5.85. The number of amides is 3. The first-order chi connectivity index (χ1) is 14.5. The zero-order valence-electron chi connectivity index (χ0n) is 16.9. The van der Waals surface area contributed by atoms with E-state index in [0.29, 0.717) is 16.4 Å². The largest absolute Gasteiger partial charge is 0.365 e. The molecule has 3 amide bonds. The minimum absolute atomic E-state index is 0.0995. The molecule has 0 saturated carbocycles. The van der Waals surface area contributed by atoms with Gasteiger partial charge in [-0.15, -0.1) is 0 Å². The number of nitrogens with zero attached hydrogens (tertiary/aromatic N) is 2. The number of carbonyl (C=O) groups excluding carboxylic acids is 3. The van der Waals surface area contributed by atoms with Crippen molar-refractivity contribution in [2.24, 2.45) is 4.99 Å². The molecule has 1 unspecified atom stereocenters. The SMILES string of the molecule is CCCN/C(=N\c1ccccc1)SC1CC(=O)N(c2ccc(C(=O)NC)cc2)C1=O. The molecule has 2 aromatic carbocycles. The number of nitrogens with one attached hydrogen (secondary N) is 2. The summed E-state index contributed by atoms with van der Waals surface area (Å²) in [5.41, 5.74) is 1.71. The Morgan fingerprint density at radius 3 is 2.47 bits per heavy atom. The molecule has 1 aliphatic rings. The summed E-state index contributed by atoms with van der Waals surface area (Å²) in [6.45, 7) is 2.77. The number of anilines is 1. The molecule has 156 valence electrons. The van der Waals surface area contributed by atoms with E-state index in [-0.39, 0.29) is 24.1 Å². The highest BCUT2D eigenvalue weighted by Crippen LogP contribution is 2.31. The van der Waals surface area contributed by atoms with Gasteiger partial charge in [-0.25, -0.2) is 9.89 Å². The van der Waals surface area contributed by atoms with Crippen LogP contribution < -0.4 is 15.5 Å². The quantitative estimate of drug-likeness (QED) is 0.422. The molecule has 7 nitrogen and oxygen atoms in total. The third-order valence-corrected chi connectivity index (χ3v) is 5.60. The number of rotatable bonds is 6. The summed E-state index contributed by atoms with van der Waals surface area (Å²) < 4.78 is 0. The average molecular weight is 425 g/mol. The van der Waals surface area contributed by atoms with Gasteiger partial charge in [-0.05, 0) is 42.8 Å². The molecule has 1 aliphatic heterocycles. The van der Waals surface area contributed by atoms with Crippen LogP contribution in [0.25, 0.3) is 0 Å². The van der Waals surface area contributed by atoms with E-state index in [1.807, 2.05) is 37.3 Å². The number of imide groups is 1. The Morgan fingerprint density at radius 2 is 1.83 bits per heavy atom. The molecule has 0 radical (unpaired) electrons. The number of thioether (sulfide) groups is 1. The van der Waals surface area contributed by atoms with Crippen molar-refractivity contribution in [3.63, 3.8) is 0 Å². The molecule has 1 atom stereocenters. The van der Waals surface area contributed by atoms with Crippen molar-refractivity contribution in [3.8, 4) is 0 Å². The Labute approximate surface area is 179 Å². The minimum Gasteiger partial charge on any atom is -0.365 e. The number of benzene rings is 2. The summed E-state index contributed by atoms with van der Waals surface area (Å²) in [6.07, 6.45) is 1.01. The van der Waals surface area contributed by atoms with Crippen molar-refractivity contribution in [1.29, 1.82) is 0 Å². The maximum Gasteiger partial charge on any atom is 0.251 e. The van der Waals surface area contributed by atoms with Gasteiger partial charge in [0.25, 0.3) is 5.91 Å². The van der Waals surface area contributed by atoms with Crippen LogP contribution >= 0.6 is 11.8 Å². The first kappa shape index (κ1) is 21.6. The maximum absolute atomic E-state index is 13.0. The van der Waals surface area contributed by atoms with E-state index in [4.69, 9.17) is 0 Å². The molecule has 0 bridgehead atoms. The van der Waals surface area contributed by atoms with Crippen molar-refractivity contribution >= 4 is 46.0 Å². The molecular weight excluding hydrogens is 400 g/mol. The van der Waals surface area contributed by atoms with Gasteiger partial charge < -0.3 is 10.6 Å². The fourth-order valence-corrected chi connectivity index (χ4v) is 4.01. The van der Waals surface area contributed by atoms with Gasteiger partial charge in [0.15, 0.2) is 5.17 Å². The number of hydrogen-bond donors (Lipinski definition) is 2. The van der Waals surface area contributed by atoms with E-state index in [0.717, 1.165) is 18.7 Å². The smallest absolute Gasteiger partial charge is 0.251 e. The molecule has 1 saturated heterocycles. The lowest BCUT2D eigenvalue weighted by molar-refractivity contribution is -0.121. The monoisotopic (exact) mass is 424 g/mol. The third kappa shape index (κ3) is 5.07. The Kier molecular flexibility index (Phi) is 7.24. The number of hydrogen-bond acceptors (Lipinski definition) is 5. The van der Waals surface area contributed by atoms with E-state index in [1.54, 1.807) is 31.3 Å². The molecule has 2 N–H and O–H groups in total. The van der Waals surface area contributed by atoms with Gasteiger partial charge in [0.1, 0.15) is 5.25 Å². The molecule has 2 aromatic rings. The van der Waals surface area contributed by atoms with Gasteiger partial charge in [-0.2, -0.15) is 0 Å². The minimum atomic E-state index is -0.553. The lowest BCUT2D eigenvalue weighted by Crippen LogP contribution is -2.32. The molecule has 0 aromatic heterocycles. The van der Waals surface area contributed by atoms with Crippen molar-refractivity contribution in [2.75, 3.05) is 18.5 Å². The fourth-order valence-electron chi connectivity index (χ4n) is 2.97. The zero-order valence-corrected chi connectivity index (χ0v) is 17.7. The van der Waals surface area contributed by atoms with Crippen LogP contribution in [0.3, 0.4) is 0 Å². The highest BCUT2D eigenvalue weighted by Gasteiger charge is 2.40. The van der Waals surface area contributed by atoms with E-state index < -0.39 is 5.25 Å². The zero-order chi connectivity index (χ0) is 21.5. The van der Waals surface area contributed by atoms with Gasteiger partial charge in [-0.3, -0.25) is 14.4 Å². The normalized spacial score (nSPS) is 16.7. The highest BCUT2D eigenvalue weighted by molar-refractivity contribution is 8.15. The van der Waals surface area contributed by atoms with Crippen LogP contribution in [0.2, 0.25) is 0 Å². The Bertz CT molecular complexity index is 945. The van der Waals surface area contributed by atoms with Crippen LogP contribution in [-0.2, 0) is 9.59 Å². The molecule has 1 fully saturated rings. The summed E-state index contributed by atoms with van der Waals surface area (Å²) >= 11 is 1.27. The van der Waals surface area contributed by atoms with Crippen molar-refractivity contribution in [2.45, 2.75) is 25.0 Å². The highest BCUT2D eigenvalue weighted by atomic mass is 32.2. The molecule has 30 heavy (non-hydrogen) atoms. The predicted molar refractivity (Wildman–Crippen MR) is 120 cm³/mol. The number of aliphatic imine (C=N–C) groups is 1. The fraction of sp³-hybridized carbons (Fsp3) is 0.273. The second-order valence-corrected chi connectivity index (χ2v) is 7.87. The molecule has 3 rings (SSSR count). The van der Waals surface area contributed by atoms with Gasteiger partial charge in [0, 0.05) is 25.6 Å². The average Bonchev–Trinajstić information content (AvgIpc) is 3.05. The van der Waals surface area contributed by atoms with Crippen LogP contribution in [-0.4, -0.2) is 41.7 Å². The summed E-state index contributed by atoms with van der Waals surface area (Å²) in [7, 11) is 1.55. The summed E-state index contributed by atoms with van der Waals surface area (Å²) in [6, 6.07) is 15.9. The Hall–Kier alpha value is -3.13. The van der Waals surface area contributed by atoms with Crippen LogP contribution in [0.1, 0.15) is 30.1 Å². The molecule has 0 aliphatic carbocycles. The van der Waals surface area contributed by atoms with E-state index in [9.17, 15) is 14.4 Å². The molecule has 1 heterocycles. The van der Waals surface area contributed by atoms with Crippen LogP contribution in [0.15, 0.2) is 59.6 Å². The Morgan fingerprint density at radius 1 is 1.13 bits per heavy atom. The Balaban J connectivity index is 1.77. The van der Waals surface area contributed by atoms with Crippen molar-refractivity contribution < 1.29 is 14.4 Å². The number of carbonyl (C=O) groups is 3. The lowest BCUT2D eigenvalue weighted by atomic mass is 10.2. The summed E-state index contributed by atoms with van der Waals surface area (Å²) in [5.74, 6) is -0.769. The van der Waals surface area contributed by atoms with E-state index in [1.165, 1.54) is 16.7 Å². The first-order valence-electron chi connectivity index (χ1n) is 9.76. The van der Waals surface area contributed by atoms with E-state index >= 15 is 0 Å². The van der Waals surface area contributed by atoms with Gasteiger partial charge in [0.05, 0.1) is 11.4 Å². The predicted octanol–water partition coefficient (Wildman–Crippen LogP) is 3.10. The molecular formula is C22H24N4O3S. The molecule has 8 heteroatoms. The second kappa shape index (κ2) is 10.1. The second-order valence-electron chi connectivity index (χ2n) is 6.68. The van der Waals surface area contributed by atoms with Gasteiger partial charge in [-0.1, -0.05) is 36.9 Å². The van der Waals surface area contributed by atoms with Crippen LogP contribution in [0.4, 0.5) is 11.4 Å². The maximum atomic E-state index is 13.0. The van der Waals surface area contributed by atoms with Crippen LogP contribution in [0.5, 0.6) is 0 Å². The molecule has 0 spiro atoms. The standard InChI is InChI=1S/C22H24N4O3S/c1-3-13-24-22(25-16-7-5-4-6-8-16)30-18-14-19(27)26(21(18)29)17-11-9-15(10-12-17)20(28)23-2/h4-12,18H,3,13-14H2,1-2H3,(H,23,28)(H,24,25).